The second-order valence-corrected chi connectivity index (χ2v) is 5.42. The van der Waals surface area contributed by atoms with Crippen LogP contribution in [0.2, 0.25) is 0 Å². The summed E-state index contributed by atoms with van der Waals surface area (Å²) in [5.41, 5.74) is 9.41. The Morgan fingerprint density at radius 2 is 1.73 bits per heavy atom. The number of hydrogen-bond donors (Lipinski definition) is 1. The third-order valence-electron chi connectivity index (χ3n) is 4.05. The summed E-state index contributed by atoms with van der Waals surface area (Å²) in [5, 5.41) is 5.38. The van der Waals surface area contributed by atoms with Gasteiger partial charge in [0, 0.05) is 17.3 Å². The van der Waals surface area contributed by atoms with E-state index in [0.717, 1.165) is 29.5 Å². The van der Waals surface area contributed by atoms with Crippen LogP contribution in [-0.4, -0.2) is 5.16 Å². The predicted molar refractivity (Wildman–Crippen MR) is 92.3 cm³/mol. The fraction of sp³-hybridized carbons (Fsp3) is 0.278. The van der Waals surface area contributed by atoms with Crippen LogP contribution in [0.5, 0.6) is 0 Å². The molecule has 116 valence electrons. The molecule has 0 aliphatic carbocycles. The van der Waals surface area contributed by atoms with E-state index in [-0.39, 0.29) is 18.4 Å². The fourth-order valence-corrected chi connectivity index (χ4v) is 2.81. The van der Waals surface area contributed by atoms with Gasteiger partial charge in [0.25, 0.3) is 0 Å². The van der Waals surface area contributed by atoms with Crippen LogP contribution >= 0.6 is 12.4 Å². The van der Waals surface area contributed by atoms with Gasteiger partial charge in [0.15, 0.2) is 5.58 Å². The van der Waals surface area contributed by atoms with Crippen LogP contribution in [0.15, 0.2) is 59.1 Å². The van der Waals surface area contributed by atoms with Gasteiger partial charge in [-0.25, -0.2) is 0 Å². The Morgan fingerprint density at radius 3 is 2.45 bits per heavy atom. The first-order valence-corrected chi connectivity index (χ1v) is 7.44. The maximum Gasteiger partial charge on any atom is 0.167 e. The van der Waals surface area contributed by atoms with Crippen LogP contribution in [0, 0.1) is 0 Å². The minimum Gasteiger partial charge on any atom is -0.356 e. The lowest BCUT2D eigenvalue weighted by Gasteiger charge is -2.18. The quantitative estimate of drug-likeness (QED) is 0.733. The molecule has 3 nitrogen and oxygen atoms in total. The second kappa shape index (κ2) is 7.43. The van der Waals surface area contributed by atoms with Crippen molar-refractivity contribution in [2.24, 2.45) is 5.73 Å². The monoisotopic (exact) mass is 316 g/mol. The molecule has 2 unspecified atom stereocenters. The molecule has 0 radical (unpaired) electrons. The van der Waals surface area contributed by atoms with Gasteiger partial charge in [-0.1, -0.05) is 54.5 Å². The largest absolute Gasteiger partial charge is 0.356 e. The molecule has 1 heterocycles. The average molecular weight is 317 g/mol. The van der Waals surface area contributed by atoms with E-state index >= 15 is 0 Å². The standard InChI is InChI=1S/C18H20N2O.ClH/c1-2-13(12-16(19)14-8-4-3-5-9-14)18-15-10-6-7-11-17(15)21-20-18;/h3-11,13,16H,2,12,19H2,1H3;1H. The van der Waals surface area contributed by atoms with E-state index in [1.807, 2.05) is 36.4 Å². The van der Waals surface area contributed by atoms with Crippen LogP contribution in [0.4, 0.5) is 0 Å². The molecule has 0 saturated carbocycles. The number of benzene rings is 2. The van der Waals surface area contributed by atoms with E-state index in [9.17, 15) is 0 Å². The Morgan fingerprint density at radius 1 is 1.05 bits per heavy atom. The highest BCUT2D eigenvalue weighted by Crippen LogP contribution is 2.33. The normalized spacial score (nSPS) is 13.5. The number of fused-ring (bicyclic) bond motifs is 1. The van der Waals surface area contributed by atoms with Crippen molar-refractivity contribution < 1.29 is 4.52 Å². The van der Waals surface area contributed by atoms with Crippen molar-refractivity contribution in [1.29, 1.82) is 0 Å². The topological polar surface area (TPSA) is 52.0 Å². The fourth-order valence-electron chi connectivity index (χ4n) is 2.81. The highest BCUT2D eigenvalue weighted by Gasteiger charge is 2.20. The smallest absolute Gasteiger partial charge is 0.167 e. The molecular weight excluding hydrogens is 296 g/mol. The molecule has 22 heavy (non-hydrogen) atoms. The summed E-state index contributed by atoms with van der Waals surface area (Å²) < 4.78 is 5.43. The lowest BCUT2D eigenvalue weighted by atomic mass is 9.89. The van der Waals surface area contributed by atoms with Gasteiger partial charge in [-0.3, -0.25) is 0 Å². The molecule has 0 saturated heterocycles. The van der Waals surface area contributed by atoms with E-state index in [0.29, 0.717) is 5.92 Å². The van der Waals surface area contributed by atoms with Gasteiger partial charge in [-0.2, -0.15) is 0 Å². The number of aromatic nitrogens is 1. The van der Waals surface area contributed by atoms with E-state index in [4.69, 9.17) is 10.3 Å². The maximum atomic E-state index is 6.36. The molecule has 0 aliphatic heterocycles. The number of rotatable bonds is 5. The van der Waals surface area contributed by atoms with Crippen molar-refractivity contribution in [3.05, 3.63) is 65.9 Å². The molecule has 0 aliphatic rings. The second-order valence-electron chi connectivity index (χ2n) is 5.42. The molecule has 3 rings (SSSR count). The molecule has 2 atom stereocenters. The zero-order valence-corrected chi connectivity index (χ0v) is 13.4. The van der Waals surface area contributed by atoms with Crippen LogP contribution < -0.4 is 5.73 Å². The summed E-state index contributed by atoms with van der Waals surface area (Å²) in [7, 11) is 0. The van der Waals surface area contributed by atoms with Crippen molar-refractivity contribution in [3.8, 4) is 0 Å². The lowest BCUT2D eigenvalue weighted by molar-refractivity contribution is 0.422. The molecule has 1 aromatic heterocycles. The predicted octanol–water partition coefficient (Wildman–Crippen LogP) is 4.83. The van der Waals surface area contributed by atoms with Crippen molar-refractivity contribution in [1.82, 2.24) is 5.16 Å². The third kappa shape index (κ3) is 3.32. The number of nitrogens with two attached hydrogens (primary N) is 1. The average Bonchev–Trinajstić information content (AvgIpc) is 2.97. The van der Waals surface area contributed by atoms with Crippen molar-refractivity contribution in [2.75, 3.05) is 0 Å². The van der Waals surface area contributed by atoms with Crippen LogP contribution in [0.25, 0.3) is 11.0 Å². The Balaban J connectivity index is 0.00000176. The van der Waals surface area contributed by atoms with Gasteiger partial charge in [-0.15, -0.1) is 12.4 Å². The molecule has 0 bridgehead atoms. The SMILES string of the molecule is CCC(CC(N)c1ccccc1)c1noc2ccccc12.Cl. The van der Waals surface area contributed by atoms with Gasteiger partial charge in [0.2, 0.25) is 0 Å². The number of halogens is 1. The summed E-state index contributed by atoms with van der Waals surface area (Å²) >= 11 is 0. The summed E-state index contributed by atoms with van der Waals surface area (Å²) in [6.07, 6.45) is 1.87. The van der Waals surface area contributed by atoms with Gasteiger partial charge in [-0.05, 0) is 30.5 Å². The number of nitrogens with zero attached hydrogens (tertiary/aromatic N) is 1. The Bertz CT molecular complexity index is 711. The van der Waals surface area contributed by atoms with Gasteiger partial charge < -0.3 is 10.3 Å². The third-order valence-corrected chi connectivity index (χ3v) is 4.05. The van der Waals surface area contributed by atoms with Crippen LogP contribution in [-0.2, 0) is 0 Å². The molecular formula is C18H21ClN2O. The molecule has 0 fully saturated rings. The number of para-hydroxylation sites is 1. The summed E-state index contributed by atoms with van der Waals surface area (Å²) in [4.78, 5) is 0. The van der Waals surface area contributed by atoms with Crippen LogP contribution in [0.1, 0.15) is 43.0 Å². The van der Waals surface area contributed by atoms with E-state index in [2.05, 4.69) is 30.3 Å². The van der Waals surface area contributed by atoms with Crippen molar-refractivity contribution >= 4 is 23.4 Å². The highest BCUT2D eigenvalue weighted by atomic mass is 35.5. The van der Waals surface area contributed by atoms with Gasteiger partial charge >= 0.3 is 0 Å². The molecule has 3 aromatic rings. The minimum absolute atomic E-state index is 0. The Labute approximate surface area is 136 Å². The lowest BCUT2D eigenvalue weighted by Crippen LogP contribution is -2.14. The van der Waals surface area contributed by atoms with Crippen molar-refractivity contribution in [2.45, 2.75) is 31.7 Å². The van der Waals surface area contributed by atoms with E-state index in [1.54, 1.807) is 0 Å². The first kappa shape index (κ1) is 16.5. The molecule has 0 spiro atoms. The first-order valence-electron chi connectivity index (χ1n) is 7.44. The minimum atomic E-state index is 0. The summed E-state index contributed by atoms with van der Waals surface area (Å²) in [6.45, 7) is 2.17. The van der Waals surface area contributed by atoms with E-state index < -0.39 is 0 Å². The summed E-state index contributed by atoms with van der Waals surface area (Å²) in [6, 6.07) is 18.3. The zero-order chi connectivity index (χ0) is 14.7. The molecule has 2 N–H and O–H groups in total. The van der Waals surface area contributed by atoms with Crippen LogP contribution in [0.3, 0.4) is 0 Å². The molecule has 4 heteroatoms. The highest BCUT2D eigenvalue weighted by molar-refractivity contribution is 5.85. The first-order chi connectivity index (χ1) is 10.3. The summed E-state index contributed by atoms with van der Waals surface area (Å²) in [5.74, 6) is 0.309. The zero-order valence-electron chi connectivity index (χ0n) is 12.6. The van der Waals surface area contributed by atoms with Gasteiger partial charge in [0.1, 0.15) is 0 Å². The van der Waals surface area contributed by atoms with E-state index in [1.165, 1.54) is 5.56 Å². The molecule has 0 amide bonds. The number of hydrogen-bond acceptors (Lipinski definition) is 3. The van der Waals surface area contributed by atoms with Gasteiger partial charge in [0.05, 0.1) is 5.69 Å². The van der Waals surface area contributed by atoms with Crippen molar-refractivity contribution in [3.63, 3.8) is 0 Å². The Kier molecular flexibility index (Phi) is 5.58. The molecule has 2 aromatic carbocycles. The Hall–Kier alpha value is -1.84. The maximum absolute atomic E-state index is 6.36.